The van der Waals surface area contributed by atoms with E-state index < -0.39 is 23.5 Å². The summed E-state index contributed by atoms with van der Waals surface area (Å²) in [5.74, 6) is -1.24. The molecule has 1 heterocycles. The number of benzene rings is 2. The van der Waals surface area contributed by atoms with Crippen molar-refractivity contribution in [3.63, 3.8) is 0 Å². The first kappa shape index (κ1) is 28.8. The van der Waals surface area contributed by atoms with Gasteiger partial charge in [0.05, 0.1) is 23.2 Å². The molecule has 9 heteroatoms. The average Bonchev–Trinajstić information content (AvgIpc) is 2.93. The highest BCUT2D eigenvalue weighted by Crippen LogP contribution is 2.46. The monoisotopic (exact) mass is 562 g/mol. The number of aromatic nitrogens is 1. The normalized spacial score (nSPS) is 25.8. The third-order valence-corrected chi connectivity index (χ3v) is 8.25. The third kappa shape index (κ3) is 6.80. The third-order valence-electron chi connectivity index (χ3n) is 8.25. The van der Waals surface area contributed by atoms with Crippen molar-refractivity contribution >= 4 is 17.5 Å². The van der Waals surface area contributed by atoms with Crippen LogP contribution in [0.2, 0.25) is 0 Å². The van der Waals surface area contributed by atoms with E-state index in [1.165, 1.54) is 0 Å². The Balaban J connectivity index is 1.27. The van der Waals surface area contributed by atoms with Gasteiger partial charge in [-0.3, -0.25) is 14.6 Å². The quantitative estimate of drug-likeness (QED) is 0.294. The van der Waals surface area contributed by atoms with Crippen LogP contribution in [-0.2, 0) is 15.1 Å². The minimum Gasteiger partial charge on any atom is -0.390 e. The van der Waals surface area contributed by atoms with E-state index in [1.807, 2.05) is 60.7 Å². The van der Waals surface area contributed by atoms with Gasteiger partial charge in [-0.1, -0.05) is 54.6 Å². The molecule has 0 unspecified atom stereocenters. The lowest BCUT2D eigenvalue weighted by molar-refractivity contribution is -0.132. The van der Waals surface area contributed by atoms with E-state index in [1.54, 1.807) is 13.1 Å². The fourth-order valence-corrected chi connectivity index (χ4v) is 6.32. The Kier molecular flexibility index (Phi) is 8.20. The fourth-order valence-electron chi connectivity index (χ4n) is 6.32. The van der Waals surface area contributed by atoms with Crippen LogP contribution in [0.5, 0.6) is 0 Å². The van der Waals surface area contributed by atoms with Crippen LogP contribution in [0.3, 0.4) is 0 Å². The molecule has 216 valence electrons. The van der Waals surface area contributed by atoms with E-state index in [4.69, 9.17) is 10.7 Å². The highest BCUT2D eigenvalue weighted by Gasteiger charge is 2.49. The van der Waals surface area contributed by atoms with Gasteiger partial charge in [0, 0.05) is 29.1 Å². The van der Waals surface area contributed by atoms with E-state index in [0.29, 0.717) is 50.6 Å². The van der Waals surface area contributed by atoms with Crippen molar-refractivity contribution in [3.8, 4) is 22.4 Å². The first-order chi connectivity index (χ1) is 19.5. The van der Waals surface area contributed by atoms with Crippen LogP contribution in [0.1, 0.15) is 57.4 Å². The van der Waals surface area contributed by atoms with Gasteiger partial charge in [-0.2, -0.15) is 8.78 Å². The molecule has 0 saturated heterocycles. The number of alkyl halides is 2. The standard InChI is InChI=1S/C32H36F2N4O3/c1-31(41)18-32(35,19-31)23-11-9-22(10-12-23)28-26(21-5-3-2-4-6-21)16-25(17-36-28)37-27(39)15-20-7-13-24(14-8-20)38-30(40)29(33)34/h2-6,9-12,16-17,20,24,29,41H,7-8,13-15,18-19,35H2,1H3,(H,37,39)(H,38,40)/t20?,24?,31-,32-. The number of nitrogens with one attached hydrogen (secondary N) is 2. The Bertz CT molecular complexity index is 1380. The second-order valence-electron chi connectivity index (χ2n) is 11.8. The van der Waals surface area contributed by atoms with Gasteiger partial charge >= 0.3 is 6.43 Å². The first-order valence-electron chi connectivity index (χ1n) is 14.1. The molecule has 0 bridgehead atoms. The summed E-state index contributed by atoms with van der Waals surface area (Å²) in [5, 5.41) is 15.5. The minimum absolute atomic E-state index is 0.124. The number of halogens is 2. The summed E-state index contributed by atoms with van der Waals surface area (Å²) in [6, 6.07) is 19.5. The van der Waals surface area contributed by atoms with E-state index in [9.17, 15) is 23.5 Å². The topological polar surface area (TPSA) is 117 Å². The second-order valence-corrected chi connectivity index (χ2v) is 11.8. The number of nitrogens with two attached hydrogens (primary N) is 1. The van der Waals surface area contributed by atoms with E-state index in [2.05, 4.69) is 10.6 Å². The minimum atomic E-state index is -3.01. The molecule has 5 N–H and O–H groups in total. The second kappa shape index (κ2) is 11.7. The zero-order chi connectivity index (χ0) is 29.2. The predicted octanol–water partition coefficient (Wildman–Crippen LogP) is 5.38. The van der Waals surface area contributed by atoms with Crippen molar-refractivity contribution in [1.29, 1.82) is 0 Å². The van der Waals surface area contributed by atoms with Crippen molar-refractivity contribution in [2.24, 2.45) is 11.7 Å². The summed E-state index contributed by atoms with van der Waals surface area (Å²) in [6.45, 7) is 1.80. The molecule has 2 aliphatic rings. The molecule has 7 nitrogen and oxygen atoms in total. The maximum Gasteiger partial charge on any atom is 0.315 e. The zero-order valence-electron chi connectivity index (χ0n) is 23.1. The highest BCUT2D eigenvalue weighted by molar-refractivity contribution is 5.93. The SMILES string of the molecule is C[C@]1(O)C[C@@](N)(c2ccc(-c3ncc(NC(=O)CC4CCC(NC(=O)C(F)F)CC4)cc3-c3ccccc3)cc2)C1. The molecule has 1 aromatic heterocycles. The molecular formula is C32H36F2N4O3. The molecule has 2 amide bonds. The van der Waals surface area contributed by atoms with Crippen LogP contribution in [-0.4, -0.2) is 40.0 Å². The molecular weight excluding hydrogens is 526 g/mol. The lowest BCUT2D eigenvalue weighted by Crippen LogP contribution is -2.58. The van der Waals surface area contributed by atoms with Gasteiger partial charge in [-0.25, -0.2) is 0 Å². The molecule has 2 aromatic carbocycles. The van der Waals surface area contributed by atoms with Gasteiger partial charge < -0.3 is 21.5 Å². The largest absolute Gasteiger partial charge is 0.390 e. The van der Waals surface area contributed by atoms with Crippen molar-refractivity contribution in [2.75, 3.05) is 5.32 Å². The molecule has 41 heavy (non-hydrogen) atoms. The number of pyridine rings is 1. The van der Waals surface area contributed by atoms with Gasteiger partial charge in [-0.15, -0.1) is 0 Å². The van der Waals surface area contributed by atoms with Crippen molar-refractivity contribution in [3.05, 3.63) is 72.4 Å². The van der Waals surface area contributed by atoms with Crippen LogP contribution >= 0.6 is 0 Å². The zero-order valence-corrected chi connectivity index (χ0v) is 23.1. The number of rotatable bonds is 8. The van der Waals surface area contributed by atoms with Gasteiger partial charge in [0.1, 0.15) is 0 Å². The van der Waals surface area contributed by atoms with Gasteiger partial charge in [0.25, 0.3) is 5.91 Å². The molecule has 0 atom stereocenters. The van der Waals surface area contributed by atoms with Crippen LogP contribution in [0.25, 0.3) is 22.4 Å². The van der Waals surface area contributed by atoms with Crippen molar-refractivity contribution in [1.82, 2.24) is 10.3 Å². The Morgan fingerprint density at radius 1 is 1.02 bits per heavy atom. The summed E-state index contributed by atoms with van der Waals surface area (Å²) in [5.41, 5.74) is 10.3. The number of aliphatic hydroxyl groups is 1. The number of anilines is 1. The van der Waals surface area contributed by atoms with Crippen molar-refractivity contribution < 1.29 is 23.5 Å². The average molecular weight is 563 g/mol. The molecule has 2 aliphatic carbocycles. The fraction of sp³-hybridized carbons (Fsp3) is 0.406. The van der Waals surface area contributed by atoms with Crippen LogP contribution < -0.4 is 16.4 Å². The molecule has 3 aromatic rings. The van der Waals surface area contributed by atoms with E-state index in [-0.39, 0.29) is 17.9 Å². The summed E-state index contributed by atoms with van der Waals surface area (Å²) >= 11 is 0. The highest BCUT2D eigenvalue weighted by atomic mass is 19.3. The molecule has 2 fully saturated rings. The summed E-state index contributed by atoms with van der Waals surface area (Å²) in [4.78, 5) is 28.9. The summed E-state index contributed by atoms with van der Waals surface area (Å²) in [7, 11) is 0. The number of carbonyl (C=O) groups is 2. The molecule has 5 rings (SSSR count). The summed E-state index contributed by atoms with van der Waals surface area (Å²) < 4.78 is 25.0. The van der Waals surface area contributed by atoms with Gasteiger partial charge in [0.15, 0.2) is 0 Å². The lowest BCUT2D eigenvalue weighted by atomic mass is 9.63. The van der Waals surface area contributed by atoms with E-state index in [0.717, 1.165) is 27.9 Å². The summed E-state index contributed by atoms with van der Waals surface area (Å²) in [6.07, 6.45) is 2.50. The Labute approximate surface area is 238 Å². The van der Waals surface area contributed by atoms with Crippen LogP contribution in [0, 0.1) is 5.92 Å². The molecule has 2 saturated carbocycles. The predicted molar refractivity (Wildman–Crippen MR) is 154 cm³/mol. The number of amides is 2. The first-order valence-corrected chi connectivity index (χ1v) is 14.1. The Morgan fingerprint density at radius 2 is 1.68 bits per heavy atom. The van der Waals surface area contributed by atoms with Gasteiger partial charge in [0.2, 0.25) is 5.91 Å². The maximum absolute atomic E-state index is 12.9. The van der Waals surface area contributed by atoms with Crippen molar-refractivity contribution in [2.45, 2.75) is 75.5 Å². The van der Waals surface area contributed by atoms with Crippen LogP contribution in [0.15, 0.2) is 66.9 Å². The smallest absolute Gasteiger partial charge is 0.315 e. The number of hydrogen-bond acceptors (Lipinski definition) is 5. The number of hydrogen-bond donors (Lipinski definition) is 4. The molecule has 0 radical (unpaired) electrons. The van der Waals surface area contributed by atoms with Crippen LogP contribution in [0.4, 0.5) is 14.5 Å². The Hall–Kier alpha value is -3.69. The number of carbonyl (C=O) groups excluding carboxylic acids is 2. The number of nitrogens with zero attached hydrogens (tertiary/aromatic N) is 1. The molecule has 0 aliphatic heterocycles. The molecule has 0 spiro atoms. The maximum atomic E-state index is 12.9. The lowest BCUT2D eigenvalue weighted by Gasteiger charge is -2.49. The van der Waals surface area contributed by atoms with Gasteiger partial charge in [-0.05, 0) is 68.6 Å². The van der Waals surface area contributed by atoms with E-state index >= 15 is 0 Å². The Morgan fingerprint density at radius 3 is 2.29 bits per heavy atom.